The van der Waals surface area contributed by atoms with Crippen molar-refractivity contribution in [1.82, 2.24) is 5.32 Å². The highest BCUT2D eigenvalue weighted by atomic mass is 32.2. The second kappa shape index (κ2) is 6.49. The molecule has 0 aromatic rings. The molecule has 3 nitrogen and oxygen atoms in total. The van der Waals surface area contributed by atoms with Gasteiger partial charge in [-0.3, -0.25) is 4.79 Å². The fourth-order valence-electron chi connectivity index (χ4n) is 0.580. The average Bonchev–Trinajstić information content (AvgIpc) is 1.97. The van der Waals surface area contributed by atoms with Gasteiger partial charge in [-0.05, 0) is 6.26 Å². The van der Waals surface area contributed by atoms with E-state index in [-0.39, 0.29) is 5.92 Å². The lowest BCUT2D eigenvalue weighted by molar-refractivity contribution is -0.140. The van der Waals surface area contributed by atoms with Crippen LogP contribution < -0.4 is 5.32 Å². The summed E-state index contributed by atoms with van der Waals surface area (Å²) in [7, 11) is 0. The summed E-state index contributed by atoms with van der Waals surface area (Å²) in [5.41, 5.74) is 0. The highest BCUT2D eigenvalue weighted by molar-refractivity contribution is 7.98. The zero-order chi connectivity index (χ0) is 8.69. The van der Waals surface area contributed by atoms with Crippen molar-refractivity contribution in [3.8, 4) is 0 Å². The van der Waals surface area contributed by atoms with Gasteiger partial charge in [0.05, 0.1) is 5.92 Å². The Hall–Kier alpha value is -0.220. The maximum Gasteiger partial charge on any atom is 0.307 e. The Morgan fingerprint density at radius 1 is 1.73 bits per heavy atom. The number of carboxylic acid groups (broad SMARTS) is 1. The van der Waals surface area contributed by atoms with Crippen molar-refractivity contribution in [3.05, 3.63) is 0 Å². The molecule has 0 aliphatic rings. The molecule has 2 N–H and O–H groups in total. The maximum absolute atomic E-state index is 10.3. The molecule has 4 heteroatoms. The van der Waals surface area contributed by atoms with Crippen LogP contribution in [0.25, 0.3) is 0 Å². The molecule has 0 fully saturated rings. The van der Waals surface area contributed by atoms with Crippen LogP contribution >= 0.6 is 11.8 Å². The molecule has 0 heterocycles. The van der Waals surface area contributed by atoms with E-state index in [1.54, 1.807) is 18.7 Å². The third kappa shape index (κ3) is 6.19. The van der Waals surface area contributed by atoms with Crippen LogP contribution in [0.2, 0.25) is 0 Å². The summed E-state index contributed by atoms with van der Waals surface area (Å²) in [6.45, 7) is 3.16. The first-order valence-electron chi connectivity index (χ1n) is 3.61. The molecule has 0 spiro atoms. The van der Waals surface area contributed by atoms with E-state index < -0.39 is 5.97 Å². The molecule has 0 saturated heterocycles. The topological polar surface area (TPSA) is 49.3 Å². The van der Waals surface area contributed by atoms with Crippen molar-refractivity contribution in [2.24, 2.45) is 5.92 Å². The van der Waals surface area contributed by atoms with Gasteiger partial charge in [0, 0.05) is 18.8 Å². The second-order valence-corrected chi connectivity index (χ2v) is 3.42. The van der Waals surface area contributed by atoms with Gasteiger partial charge in [-0.2, -0.15) is 11.8 Å². The molecule has 0 aliphatic carbocycles. The highest BCUT2D eigenvalue weighted by Crippen LogP contribution is 1.92. The second-order valence-electron chi connectivity index (χ2n) is 2.44. The fourth-order valence-corrected chi connectivity index (χ4v) is 0.929. The molecular weight excluding hydrogens is 162 g/mol. The number of hydrogen-bond acceptors (Lipinski definition) is 3. The number of rotatable bonds is 6. The maximum atomic E-state index is 10.3. The van der Waals surface area contributed by atoms with E-state index in [1.165, 1.54) is 0 Å². The normalized spacial score (nSPS) is 12.9. The largest absolute Gasteiger partial charge is 0.481 e. The summed E-state index contributed by atoms with van der Waals surface area (Å²) < 4.78 is 0. The molecule has 0 aromatic carbocycles. The first kappa shape index (κ1) is 10.8. The molecule has 1 unspecified atom stereocenters. The smallest absolute Gasteiger partial charge is 0.307 e. The Morgan fingerprint density at radius 2 is 2.36 bits per heavy atom. The molecule has 0 bridgehead atoms. The lowest BCUT2D eigenvalue weighted by Gasteiger charge is -2.06. The molecule has 66 valence electrons. The first-order valence-corrected chi connectivity index (χ1v) is 5.00. The van der Waals surface area contributed by atoms with Crippen LogP contribution in [0.15, 0.2) is 0 Å². The van der Waals surface area contributed by atoms with Gasteiger partial charge >= 0.3 is 5.97 Å². The van der Waals surface area contributed by atoms with Crippen LogP contribution in [0.4, 0.5) is 0 Å². The van der Waals surface area contributed by atoms with Gasteiger partial charge in [0.1, 0.15) is 0 Å². The number of hydrogen-bond donors (Lipinski definition) is 2. The van der Waals surface area contributed by atoms with E-state index in [1.807, 2.05) is 6.26 Å². The minimum Gasteiger partial charge on any atom is -0.481 e. The van der Waals surface area contributed by atoms with Crippen LogP contribution in [0.1, 0.15) is 6.92 Å². The van der Waals surface area contributed by atoms with Crippen molar-refractivity contribution >= 4 is 17.7 Å². The Bertz CT molecular complexity index is 119. The van der Waals surface area contributed by atoms with Gasteiger partial charge in [0.2, 0.25) is 0 Å². The number of aliphatic carboxylic acids is 1. The Kier molecular flexibility index (Phi) is 6.36. The van der Waals surface area contributed by atoms with Crippen molar-refractivity contribution in [3.63, 3.8) is 0 Å². The molecule has 0 aliphatic heterocycles. The third-order valence-electron chi connectivity index (χ3n) is 1.36. The summed E-state index contributed by atoms with van der Waals surface area (Å²) in [5, 5.41) is 11.6. The van der Waals surface area contributed by atoms with Crippen LogP contribution in [-0.4, -0.2) is 36.2 Å². The van der Waals surface area contributed by atoms with Crippen molar-refractivity contribution < 1.29 is 9.90 Å². The van der Waals surface area contributed by atoms with E-state index in [9.17, 15) is 4.79 Å². The van der Waals surface area contributed by atoms with Crippen molar-refractivity contribution in [2.75, 3.05) is 25.1 Å². The molecule has 0 aromatic heterocycles. The predicted molar refractivity (Wildman–Crippen MR) is 48.1 cm³/mol. The highest BCUT2D eigenvalue weighted by Gasteiger charge is 2.08. The summed E-state index contributed by atoms with van der Waals surface area (Å²) in [4.78, 5) is 10.3. The van der Waals surface area contributed by atoms with Crippen molar-refractivity contribution in [1.29, 1.82) is 0 Å². The summed E-state index contributed by atoms with van der Waals surface area (Å²) in [6, 6.07) is 0. The molecule has 0 radical (unpaired) electrons. The SMILES string of the molecule is CSCCNCC(C)C(=O)O. The minimum atomic E-state index is -0.735. The van der Waals surface area contributed by atoms with Crippen molar-refractivity contribution in [2.45, 2.75) is 6.92 Å². The minimum absolute atomic E-state index is 0.281. The lowest BCUT2D eigenvalue weighted by Crippen LogP contribution is -2.27. The molecule has 0 rings (SSSR count). The van der Waals surface area contributed by atoms with E-state index in [0.717, 1.165) is 12.3 Å². The zero-order valence-electron chi connectivity index (χ0n) is 6.96. The van der Waals surface area contributed by atoms with Gasteiger partial charge in [0.25, 0.3) is 0 Å². The number of carboxylic acids is 1. The lowest BCUT2D eigenvalue weighted by atomic mass is 10.2. The Morgan fingerprint density at radius 3 is 2.82 bits per heavy atom. The van der Waals surface area contributed by atoms with Crippen LogP contribution in [0.3, 0.4) is 0 Å². The van der Waals surface area contributed by atoms with Gasteiger partial charge < -0.3 is 10.4 Å². The first-order chi connectivity index (χ1) is 5.18. The van der Waals surface area contributed by atoms with Crippen LogP contribution in [0, 0.1) is 5.92 Å². The number of nitrogens with one attached hydrogen (secondary N) is 1. The average molecular weight is 177 g/mol. The summed E-state index contributed by atoms with van der Waals surface area (Å²) >= 11 is 1.75. The van der Waals surface area contributed by atoms with Gasteiger partial charge in [-0.1, -0.05) is 6.92 Å². The molecule has 1 atom stereocenters. The quantitative estimate of drug-likeness (QED) is 0.585. The fraction of sp³-hybridized carbons (Fsp3) is 0.857. The van der Waals surface area contributed by atoms with Gasteiger partial charge in [-0.15, -0.1) is 0 Å². The monoisotopic (exact) mass is 177 g/mol. The summed E-state index contributed by atoms with van der Waals surface area (Å²) in [5.74, 6) is 0.0188. The standard InChI is InChI=1S/C7H15NO2S/c1-6(7(9)10)5-8-3-4-11-2/h6,8H,3-5H2,1-2H3,(H,9,10). The third-order valence-corrected chi connectivity index (χ3v) is 1.97. The van der Waals surface area contributed by atoms with E-state index >= 15 is 0 Å². The number of carbonyl (C=O) groups is 1. The summed E-state index contributed by atoms with van der Waals surface area (Å²) in [6.07, 6.45) is 2.03. The Balaban J connectivity index is 3.17. The number of thioether (sulfide) groups is 1. The van der Waals surface area contributed by atoms with E-state index in [2.05, 4.69) is 5.32 Å². The zero-order valence-corrected chi connectivity index (χ0v) is 7.78. The van der Waals surface area contributed by atoms with E-state index in [0.29, 0.717) is 6.54 Å². The molecule has 0 saturated carbocycles. The molecule has 11 heavy (non-hydrogen) atoms. The van der Waals surface area contributed by atoms with Crippen LogP contribution in [-0.2, 0) is 4.79 Å². The van der Waals surface area contributed by atoms with E-state index in [4.69, 9.17) is 5.11 Å². The predicted octanol–water partition coefficient (Wildman–Crippen LogP) is 0.660. The van der Waals surface area contributed by atoms with Gasteiger partial charge in [0.15, 0.2) is 0 Å². The van der Waals surface area contributed by atoms with Gasteiger partial charge in [-0.25, -0.2) is 0 Å². The molecular formula is C7H15NO2S. The van der Waals surface area contributed by atoms with Crippen LogP contribution in [0.5, 0.6) is 0 Å². The Labute approximate surface area is 71.6 Å². The molecule has 0 amide bonds.